The normalized spacial score (nSPS) is 11.7. The van der Waals surface area contributed by atoms with Crippen LogP contribution in [0.2, 0.25) is 0 Å². The van der Waals surface area contributed by atoms with Gasteiger partial charge in [-0.1, -0.05) is 43.7 Å². The first-order chi connectivity index (χ1) is 11.8. The maximum absolute atomic E-state index is 12.5. The first-order valence-corrected chi connectivity index (χ1v) is 9.16. The molecule has 1 heterocycles. The topological polar surface area (TPSA) is 42.2 Å². The van der Waals surface area contributed by atoms with Crippen LogP contribution in [0.15, 0.2) is 36.4 Å². The maximum Gasteiger partial charge on any atom is 0.179 e. The van der Waals surface area contributed by atoms with Crippen LogP contribution < -0.4 is 0 Å². The molecule has 1 aromatic carbocycles. The highest BCUT2D eigenvalue weighted by atomic mass is 16.3. The van der Waals surface area contributed by atoms with E-state index in [1.54, 1.807) is 0 Å². The molecule has 0 saturated heterocycles. The number of aromatic nitrogens is 1. The van der Waals surface area contributed by atoms with Crippen molar-refractivity contribution in [2.75, 3.05) is 6.61 Å². The highest BCUT2D eigenvalue weighted by Crippen LogP contribution is 2.23. The molecule has 0 fully saturated rings. The zero-order chi connectivity index (χ0) is 18.4. The van der Waals surface area contributed by atoms with Gasteiger partial charge < -0.3 is 9.67 Å². The van der Waals surface area contributed by atoms with Gasteiger partial charge in [0.1, 0.15) is 0 Å². The Balaban J connectivity index is 1.88. The number of carbonyl (C=O) groups excluding carboxylic acids is 1. The van der Waals surface area contributed by atoms with E-state index in [9.17, 15) is 9.90 Å². The lowest BCUT2D eigenvalue weighted by atomic mass is 9.88. The molecule has 0 bridgehead atoms. The van der Waals surface area contributed by atoms with Gasteiger partial charge in [-0.3, -0.25) is 4.79 Å². The van der Waals surface area contributed by atoms with Crippen molar-refractivity contribution < 1.29 is 9.90 Å². The monoisotopic (exact) mass is 341 g/mol. The van der Waals surface area contributed by atoms with Crippen molar-refractivity contribution >= 4 is 5.78 Å². The Morgan fingerprint density at radius 2 is 1.76 bits per heavy atom. The molecular weight excluding hydrogens is 310 g/mol. The van der Waals surface area contributed by atoms with E-state index in [-0.39, 0.29) is 17.8 Å². The van der Waals surface area contributed by atoms with Gasteiger partial charge in [0.15, 0.2) is 5.78 Å². The second-order valence-electron chi connectivity index (χ2n) is 7.85. The number of rotatable bonds is 9. The number of aliphatic hydroxyl groups is 1. The first kappa shape index (κ1) is 19.5. The number of hydrogen-bond donors (Lipinski definition) is 1. The van der Waals surface area contributed by atoms with Crippen LogP contribution in [0.1, 0.15) is 60.4 Å². The van der Waals surface area contributed by atoms with Crippen LogP contribution in [-0.4, -0.2) is 22.1 Å². The van der Waals surface area contributed by atoms with Gasteiger partial charge in [0.2, 0.25) is 0 Å². The van der Waals surface area contributed by atoms with Crippen LogP contribution in [0.25, 0.3) is 0 Å². The lowest BCUT2D eigenvalue weighted by Crippen LogP contribution is -2.18. The number of aliphatic hydroxyl groups excluding tert-OH is 1. The van der Waals surface area contributed by atoms with E-state index < -0.39 is 0 Å². The fraction of sp³-hybridized carbons (Fsp3) is 0.500. The van der Waals surface area contributed by atoms with Crippen molar-refractivity contribution in [3.8, 4) is 0 Å². The summed E-state index contributed by atoms with van der Waals surface area (Å²) >= 11 is 0. The van der Waals surface area contributed by atoms with Crippen LogP contribution >= 0.6 is 0 Å². The summed E-state index contributed by atoms with van der Waals surface area (Å²) in [5, 5.41) is 9.38. The summed E-state index contributed by atoms with van der Waals surface area (Å²) in [6.45, 7) is 6.39. The predicted molar refractivity (Wildman–Crippen MR) is 103 cm³/mol. The zero-order valence-electron chi connectivity index (χ0n) is 16.0. The molecule has 3 nitrogen and oxygen atoms in total. The lowest BCUT2D eigenvalue weighted by molar-refractivity contribution is 0.0972. The van der Waals surface area contributed by atoms with E-state index in [1.807, 2.05) is 23.7 Å². The summed E-state index contributed by atoms with van der Waals surface area (Å²) in [6, 6.07) is 12.5. The summed E-state index contributed by atoms with van der Waals surface area (Å²) in [5.41, 5.74) is 4.42. The van der Waals surface area contributed by atoms with Gasteiger partial charge in [-0.15, -0.1) is 0 Å². The summed E-state index contributed by atoms with van der Waals surface area (Å²) < 4.78 is 2.02. The minimum absolute atomic E-state index is 0.0809. The van der Waals surface area contributed by atoms with E-state index in [1.165, 1.54) is 11.1 Å². The molecule has 0 spiro atoms. The molecule has 0 aliphatic heterocycles. The number of benzene rings is 1. The number of hydrogen-bond acceptors (Lipinski definition) is 2. The summed E-state index contributed by atoms with van der Waals surface area (Å²) in [7, 11) is 1.97. The minimum Gasteiger partial charge on any atom is -0.396 e. The highest BCUT2D eigenvalue weighted by Gasteiger charge is 2.18. The maximum atomic E-state index is 12.5. The molecule has 2 aromatic rings. The first-order valence-electron chi connectivity index (χ1n) is 9.16. The fourth-order valence-electron chi connectivity index (χ4n) is 2.97. The third kappa shape index (κ3) is 5.57. The van der Waals surface area contributed by atoms with Gasteiger partial charge in [0.25, 0.3) is 0 Å². The number of carbonyl (C=O) groups is 1. The Bertz CT molecular complexity index is 695. The molecule has 0 radical (unpaired) electrons. The molecular formula is C22H31NO2. The van der Waals surface area contributed by atoms with Crippen molar-refractivity contribution in [2.24, 2.45) is 12.5 Å². The second kappa shape index (κ2) is 8.48. The van der Waals surface area contributed by atoms with E-state index >= 15 is 0 Å². The number of ketones is 1. The Labute approximate surface area is 151 Å². The molecule has 25 heavy (non-hydrogen) atoms. The molecule has 0 aliphatic carbocycles. The minimum atomic E-state index is -0.0809. The average molecular weight is 341 g/mol. The number of Topliss-reactive ketones (excluding diaryl/α,β-unsaturated/α-hetero) is 1. The van der Waals surface area contributed by atoms with Crippen LogP contribution in [-0.2, 0) is 19.9 Å². The standard InChI is InChI=1S/C22H31NO2/c1-17-8-10-18(11-9-17)6-5-7-21(25)20-13-12-19(23(20)4)14-15-22(2,3)16-24/h8-13,24H,5-7,14-16H2,1-4H3. The van der Waals surface area contributed by atoms with E-state index in [2.05, 4.69) is 45.0 Å². The lowest BCUT2D eigenvalue weighted by Gasteiger charge is -2.21. The van der Waals surface area contributed by atoms with Crippen LogP contribution in [0.3, 0.4) is 0 Å². The highest BCUT2D eigenvalue weighted by molar-refractivity contribution is 5.94. The van der Waals surface area contributed by atoms with Crippen molar-refractivity contribution in [1.29, 1.82) is 0 Å². The van der Waals surface area contributed by atoms with Gasteiger partial charge in [0, 0.05) is 25.8 Å². The molecule has 2 rings (SSSR count). The van der Waals surface area contributed by atoms with Crippen LogP contribution in [0.5, 0.6) is 0 Å². The molecule has 0 unspecified atom stereocenters. The fourth-order valence-corrected chi connectivity index (χ4v) is 2.97. The average Bonchev–Trinajstić information content (AvgIpc) is 2.96. The van der Waals surface area contributed by atoms with Gasteiger partial charge in [0.05, 0.1) is 5.69 Å². The Hall–Kier alpha value is -1.87. The van der Waals surface area contributed by atoms with E-state index in [0.717, 1.165) is 37.1 Å². The van der Waals surface area contributed by atoms with E-state index in [4.69, 9.17) is 0 Å². The summed E-state index contributed by atoms with van der Waals surface area (Å²) in [4.78, 5) is 12.5. The zero-order valence-corrected chi connectivity index (χ0v) is 16.0. The number of nitrogens with zero attached hydrogens (tertiary/aromatic N) is 1. The number of aryl methyl sites for hydroxylation is 3. The summed E-state index contributed by atoms with van der Waals surface area (Å²) in [6.07, 6.45) is 4.17. The molecule has 136 valence electrons. The Morgan fingerprint density at radius 3 is 2.40 bits per heavy atom. The molecule has 0 atom stereocenters. The van der Waals surface area contributed by atoms with Crippen LogP contribution in [0, 0.1) is 12.3 Å². The van der Waals surface area contributed by atoms with Crippen molar-refractivity contribution in [1.82, 2.24) is 4.57 Å². The van der Waals surface area contributed by atoms with Crippen molar-refractivity contribution in [3.63, 3.8) is 0 Å². The van der Waals surface area contributed by atoms with Gasteiger partial charge in [-0.2, -0.15) is 0 Å². The van der Waals surface area contributed by atoms with Gasteiger partial charge in [-0.25, -0.2) is 0 Å². The van der Waals surface area contributed by atoms with Gasteiger partial charge >= 0.3 is 0 Å². The summed E-state index contributed by atoms with van der Waals surface area (Å²) in [5.74, 6) is 0.210. The molecule has 1 aromatic heterocycles. The van der Waals surface area contributed by atoms with Gasteiger partial charge in [-0.05, 0) is 55.7 Å². The quantitative estimate of drug-likeness (QED) is 0.683. The predicted octanol–water partition coefficient (Wildman–Crippen LogP) is 4.49. The molecule has 0 amide bonds. The van der Waals surface area contributed by atoms with Crippen molar-refractivity contribution in [3.05, 3.63) is 58.9 Å². The third-order valence-corrected chi connectivity index (χ3v) is 4.99. The molecule has 0 aliphatic rings. The smallest absolute Gasteiger partial charge is 0.179 e. The Kier molecular flexibility index (Phi) is 6.60. The van der Waals surface area contributed by atoms with Crippen molar-refractivity contribution in [2.45, 2.75) is 52.9 Å². The molecule has 3 heteroatoms. The van der Waals surface area contributed by atoms with Crippen LogP contribution in [0.4, 0.5) is 0 Å². The molecule has 0 saturated carbocycles. The second-order valence-corrected chi connectivity index (χ2v) is 7.85. The largest absolute Gasteiger partial charge is 0.396 e. The molecule has 1 N–H and O–H groups in total. The Morgan fingerprint density at radius 1 is 1.08 bits per heavy atom. The SMILES string of the molecule is Cc1ccc(CCCC(=O)c2ccc(CCC(C)(C)CO)n2C)cc1. The third-order valence-electron chi connectivity index (χ3n) is 4.99. The van der Waals surface area contributed by atoms with E-state index in [0.29, 0.717) is 6.42 Å².